The number of hydrogen-bond donors (Lipinski definition) is 2. The number of hydrogen-bond acceptors (Lipinski definition) is 7. The largest absolute Gasteiger partial charge is 0.440 e. The van der Waals surface area contributed by atoms with Crippen LogP contribution in [-0.4, -0.2) is 20.2 Å². The zero-order chi connectivity index (χ0) is 13.2. The zero-order valence-electron chi connectivity index (χ0n) is 10.1. The number of rotatable bonds is 4. The number of aromatic nitrogens is 4. The molecule has 19 heavy (non-hydrogen) atoms. The summed E-state index contributed by atoms with van der Waals surface area (Å²) in [5, 5.41) is 9.17. The van der Waals surface area contributed by atoms with Gasteiger partial charge in [-0.05, 0) is 18.4 Å². The van der Waals surface area contributed by atoms with E-state index in [1.54, 1.807) is 11.3 Å². The first kappa shape index (κ1) is 12.2. The number of thiophene rings is 1. The van der Waals surface area contributed by atoms with Crippen LogP contribution in [0.15, 0.2) is 27.1 Å². The monoisotopic (exact) mass is 293 g/mol. The molecule has 0 fully saturated rings. The number of H-pyrrole nitrogens is 1. The number of nitrogens with zero attached hydrogens (tertiary/aromatic N) is 3. The van der Waals surface area contributed by atoms with E-state index >= 15 is 0 Å². The van der Waals surface area contributed by atoms with Gasteiger partial charge in [0.15, 0.2) is 0 Å². The van der Waals surface area contributed by atoms with E-state index < -0.39 is 0 Å². The highest BCUT2D eigenvalue weighted by Gasteiger charge is 2.13. The van der Waals surface area contributed by atoms with E-state index in [1.807, 2.05) is 24.4 Å². The highest BCUT2D eigenvalue weighted by molar-refractivity contribution is 7.98. The minimum atomic E-state index is 0.318. The third-order valence-corrected chi connectivity index (χ3v) is 4.16. The molecule has 3 aromatic heterocycles. The summed E-state index contributed by atoms with van der Waals surface area (Å²) in [6, 6.07) is 3.97. The molecule has 0 radical (unpaired) electrons. The summed E-state index contributed by atoms with van der Waals surface area (Å²) in [5.74, 6) is 2.45. The fraction of sp³-hybridized carbons (Fsp3) is 0.182. The molecule has 98 valence electrons. The molecule has 0 saturated heterocycles. The van der Waals surface area contributed by atoms with Gasteiger partial charge in [0.1, 0.15) is 5.76 Å². The van der Waals surface area contributed by atoms with Crippen LogP contribution >= 0.6 is 23.1 Å². The maximum Gasteiger partial charge on any atom is 0.236 e. The maximum atomic E-state index is 5.67. The normalized spacial score (nSPS) is 11.0. The number of nitrogens with one attached hydrogen (secondary N) is 1. The van der Waals surface area contributed by atoms with Crippen LogP contribution in [0.2, 0.25) is 0 Å². The van der Waals surface area contributed by atoms with Gasteiger partial charge in [-0.3, -0.25) is 0 Å². The number of oxazole rings is 1. The number of anilines is 1. The molecular weight excluding hydrogens is 282 g/mol. The highest BCUT2D eigenvalue weighted by Crippen LogP contribution is 2.28. The predicted molar refractivity (Wildman–Crippen MR) is 74.9 cm³/mol. The van der Waals surface area contributed by atoms with Crippen LogP contribution in [-0.2, 0) is 5.75 Å². The van der Waals surface area contributed by atoms with Crippen molar-refractivity contribution in [3.63, 3.8) is 0 Å². The summed E-state index contributed by atoms with van der Waals surface area (Å²) in [6.07, 6.45) is 0. The summed E-state index contributed by atoms with van der Waals surface area (Å²) in [6.45, 7) is 1.91. The molecule has 0 spiro atoms. The lowest BCUT2D eigenvalue weighted by molar-refractivity contribution is 0.542. The van der Waals surface area contributed by atoms with Gasteiger partial charge in [0.25, 0.3) is 0 Å². The SMILES string of the molecule is Cc1oc(-c2cccs2)nc1CSc1n[nH]c(N)n1. The van der Waals surface area contributed by atoms with Gasteiger partial charge in [-0.25, -0.2) is 10.1 Å². The van der Waals surface area contributed by atoms with Gasteiger partial charge >= 0.3 is 0 Å². The molecule has 3 heterocycles. The summed E-state index contributed by atoms with van der Waals surface area (Å²) in [4.78, 5) is 9.56. The van der Waals surface area contributed by atoms with Crippen LogP contribution in [0.5, 0.6) is 0 Å². The highest BCUT2D eigenvalue weighted by atomic mass is 32.2. The molecule has 0 aliphatic rings. The Labute approximate surface area is 117 Å². The molecule has 3 aromatic rings. The van der Waals surface area contributed by atoms with Crippen LogP contribution in [0.3, 0.4) is 0 Å². The number of nitrogen functional groups attached to an aromatic ring is 1. The summed E-state index contributed by atoms with van der Waals surface area (Å²) in [5.41, 5.74) is 6.37. The molecule has 0 aromatic carbocycles. The third-order valence-electron chi connectivity index (χ3n) is 2.44. The number of aromatic amines is 1. The lowest BCUT2D eigenvalue weighted by atomic mass is 10.4. The van der Waals surface area contributed by atoms with Crippen molar-refractivity contribution in [1.82, 2.24) is 20.2 Å². The van der Waals surface area contributed by atoms with Gasteiger partial charge in [-0.15, -0.1) is 16.4 Å². The Morgan fingerprint density at radius 1 is 1.47 bits per heavy atom. The van der Waals surface area contributed by atoms with Gasteiger partial charge < -0.3 is 10.2 Å². The lowest BCUT2D eigenvalue weighted by Gasteiger charge is -1.92. The van der Waals surface area contributed by atoms with E-state index in [0.29, 0.717) is 22.7 Å². The average Bonchev–Trinajstić information content (AvgIpc) is 3.07. The van der Waals surface area contributed by atoms with Crippen molar-refractivity contribution in [1.29, 1.82) is 0 Å². The quantitative estimate of drug-likeness (QED) is 0.718. The fourth-order valence-corrected chi connectivity index (χ4v) is 2.98. The number of nitrogens with two attached hydrogens (primary N) is 1. The van der Waals surface area contributed by atoms with Crippen molar-refractivity contribution in [2.75, 3.05) is 5.73 Å². The molecule has 0 saturated carbocycles. The van der Waals surface area contributed by atoms with Crippen LogP contribution in [0.1, 0.15) is 11.5 Å². The van der Waals surface area contributed by atoms with Crippen LogP contribution in [0.25, 0.3) is 10.8 Å². The van der Waals surface area contributed by atoms with E-state index in [9.17, 15) is 0 Å². The molecule has 8 heteroatoms. The van der Waals surface area contributed by atoms with Crippen molar-refractivity contribution in [2.24, 2.45) is 0 Å². The zero-order valence-corrected chi connectivity index (χ0v) is 11.7. The van der Waals surface area contributed by atoms with E-state index in [-0.39, 0.29) is 0 Å². The van der Waals surface area contributed by atoms with Crippen LogP contribution in [0, 0.1) is 6.92 Å². The Morgan fingerprint density at radius 3 is 3.05 bits per heavy atom. The first-order valence-electron chi connectivity index (χ1n) is 5.53. The molecule has 0 atom stereocenters. The number of aryl methyl sites for hydroxylation is 1. The second-order valence-electron chi connectivity index (χ2n) is 3.79. The molecule has 0 amide bonds. The summed E-state index contributed by atoms with van der Waals surface area (Å²) >= 11 is 3.07. The van der Waals surface area contributed by atoms with E-state index in [1.165, 1.54) is 11.8 Å². The van der Waals surface area contributed by atoms with Crippen molar-refractivity contribution in [3.05, 3.63) is 29.0 Å². The van der Waals surface area contributed by atoms with E-state index in [0.717, 1.165) is 16.3 Å². The Bertz CT molecular complexity index is 673. The summed E-state index contributed by atoms with van der Waals surface area (Å²) in [7, 11) is 0. The topological polar surface area (TPSA) is 93.6 Å². The molecule has 0 bridgehead atoms. The Hall–Kier alpha value is -1.80. The molecule has 0 aliphatic heterocycles. The Balaban J connectivity index is 1.75. The van der Waals surface area contributed by atoms with Crippen molar-refractivity contribution >= 4 is 29.0 Å². The van der Waals surface area contributed by atoms with Gasteiger partial charge in [0.2, 0.25) is 17.0 Å². The van der Waals surface area contributed by atoms with Crippen LogP contribution in [0.4, 0.5) is 5.95 Å². The van der Waals surface area contributed by atoms with E-state index in [2.05, 4.69) is 20.2 Å². The van der Waals surface area contributed by atoms with Crippen LogP contribution < -0.4 is 5.73 Å². The second kappa shape index (κ2) is 5.06. The third kappa shape index (κ3) is 2.64. The first-order valence-corrected chi connectivity index (χ1v) is 7.40. The second-order valence-corrected chi connectivity index (χ2v) is 5.68. The Morgan fingerprint density at radius 2 is 2.37 bits per heavy atom. The van der Waals surface area contributed by atoms with Crippen molar-refractivity contribution in [2.45, 2.75) is 17.8 Å². The van der Waals surface area contributed by atoms with Gasteiger partial charge in [0.05, 0.1) is 10.6 Å². The molecule has 6 nitrogen and oxygen atoms in total. The average molecular weight is 293 g/mol. The molecular formula is C11H11N5OS2. The molecule has 0 aliphatic carbocycles. The predicted octanol–water partition coefficient (Wildman–Crippen LogP) is 2.70. The standard InChI is InChI=1S/C11H11N5OS2/c1-6-7(5-19-11-14-10(12)15-16-11)13-9(17-6)8-3-2-4-18-8/h2-4H,5H2,1H3,(H3,12,14,15,16). The first-order chi connectivity index (χ1) is 9.22. The number of thioether (sulfide) groups is 1. The lowest BCUT2D eigenvalue weighted by Crippen LogP contribution is -1.86. The summed E-state index contributed by atoms with van der Waals surface area (Å²) < 4.78 is 5.67. The molecule has 0 unspecified atom stereocenters. The van der Waals surface area contributed by atoms with Crippen molar-refractivity contribution < 1.29 is 4.42 Å². The van der Waals surface area contributed by atoms with Gasteiger partial charge in [-0.2, -0.15) is 4.98 Å². The molecule has 3 rings (SSSR count). The molecule has 3 N–H and O–H groups in total. The fourth-order valence-electron chi connectivity index (χ4n) is 1.52. The van der Waals surface area contributed by atoms with Gasteiger partial charge in [-0.1, -0.05) is 17.8 Å². The Kier molecular flexibility index (Phi) is 3.26. The minimum Gasteiger partial charge on any atom is -0.440 e. The van der Waals surface area contributed by atoms with E-state index in [4.69, 9.17) is 10.2 Å². The maximum absolute atomic E-state index is 5.67. The van der Waals surface area contributed by atoms with Crippen molar-refractivity contribution in [3.8, 4) is 10.8 Å². The minimum absolute atomic E-state index is 0.318. The smallest absolute Gasteiger partial charge is 0.236 e. The van der Waals surface area contributed by atoms with Gasteiger partial charge in [0, 0.05) is 5.75 Å².